The molecule has 1 unspecified atom stereocenters. The van der Waals surface area contributed by atoms with Crippen LogP contribution in [0.4, 0.5) is 0 Å². The van der Waals surface area contributed by atoms with Gasteiger partial charge in [0.1, 0.15) is 0 Å². The summed E-state index contributed by atoms with van der Waals surface area (Å²) in [6.07, 6.45) is 1.96. The van der Waals surface area contributed by atoms with E-state index in [1.54, 1.807) is 0 Å². The molecule has 7 nitrogen and oxygen atoms in total. The molecule has 2 amide bonds. The van der Waals surface area contributed by atoms with Gasteiger partial charge >= 0.3 is 0 Å². The van der Waals surface area contributed by atoms with Crippen molar-refractivity contribution in [2.45, 2.75) is 12.5 Å². The summed E-state index contributed by atoms with van der Waals surface area (Å²) in [5, 5.41) is 4.68. The fourth-order valence-electron chi connectivity index (χ4n) is 1.24. The molecule has 0 saturated carbocycles. The van der Waals surface area contributed by atoms with E-state index >= 15 is 0 Å². The summed E-state index contributed by atoms with van der Waals surface area (Å²) in [6.45, 7) is 7.64. The van der Waals surface area contributed by atoms with Gasteiger partial charge in [-0.1, -0.05) is 13.2 Å². The fourth-order valence-corrected chi connectivity index (χ4v) is 2.22. The molecule has 0 rings (SSSR count). The number of carbonyl (C=O) groups excluding carboxylic acids is 2. The zero-order valence-corrected chi connectivity index (χ0v) is 10.8. The summed E-state index contributed by atoms with van der Waals surface area (Å²) >= 11 is 0. The summed E-state index contributed by atoms with van der Waals surface area (Å²) in [6, 6.07) is 0. The standard InChI is InChI=1S/C10H16N2O5S/c1-4-8(13)11-6-10(3,7-18(15,16)17)12-9(14)5-2/h4-5H,1-2,6-7H2,3H3,(H,11,13)(H,12,14)(H,15,16,17). The molecule has 0 saturated heterocycles. The normalized spacial score (nSPS) is 14.1. The van der Waals surface area contributed by atoms with Crippen LogP contribution in [-0.4, -0.2) is 42.6 Å². The first kappa shape index (κ1) is 16.3. The minimum atomic E-state index is -4.32. The van der Waals surface area contributed by atoms with Gasteiger partial charge in [0.25, 0.3) is 10.1 Å². The molecular weight excluding hydrogens is 260 g/mol. The van der Waals surface area contributed by atoms with E-state index in [9.17, 15) is 18.0 Å². The van der Waals surface area contributed by atoms with E-state index in [4.69, 9.17) is 4.55 Å². The average molecular weight is 276 g/mol. The summed E-state index contributed by atoms with van der Waals surface area (Å²) in [5.74, 6) is -1.88. The Morgan fingerprint density at radius 3 is 2.17 bits per heavy atom. The van der Waals surface area contributed by atoms with Gasteiger partial charge in [0.05, 0.1) is 11.3 Å². The molecule has 3 N–H and O–H groups in total. The molecule has 0 spiro atoms. The number of amides is 2. The Balaban J connectivity index is 4.90. The first-order valence-electron chi connectivity index (χ1n) is 4.92. The fraction of sp³-hybridized carbons (Fsp3) is 0.400. The molecule has 0 aromatic carbocycles. The van der Waals surface area contributed by atoms with E-state index in [-0.39, 0.29) is 6.54 Å². The molecular formula is C10H16N2O5S. The Kier molecular flexibility index (Phi) is 5.73. The van der Waals surface area contributed by atoms with E-state index in [2.05, 4.69) is 23.8 Å². The van der Waals surface area contributed by atoms with Crippen LogP contribution in [0.1, 0.15) is 6.92 Å². The monoisotopic (exact) mass is 276 g/mol. The van der Waals surface area contributed by atoms with Crippen LogP contribution >= 0.6 is 0 Å². The molecule has 0 aliphatic carbocycles. The third kappa shape index (κ3) is 6.81. The highest BCUT2D eigenvalue weighted by molar-refractivity contribution is 7.85. The second kappa shape index (κ2) is 6.31. The molecule has 0 fully saturated rings. The number of nitrogens with one attached hydrogen (secondary N) is 2. The zero-order valence-electron chi connectivity index (χ0n) is 9.97. The third-order valence-electron chi connectivity index (χ3n) is 1.95. The predicted octanol–water partition coefficient (Wildman–Crippen LogP) is -0.763. The van der Waals surface area contributed by atoms with Gasteiger partial charge in [0, 0.05) is 6.54 Å². The highest BCUT2D eigenvalue weighted by Gasteiger charge is 2.31. The van der Waals surface area contributed by atoms with Crippen LogP contribution in [0.2, 0.25) is 0 Å². The number of carbonyl (C=O) groups is 2. The molecule has 0 aliphatic rings. The van der Waals surface area contributed by atoms with E-state index in [0.29, 0.717) is 0 Å². The van der Waals surface area contributed by atoms with Crippen LogP contribution in [-0.2, 0) is 19.7 Å². The second-order valence-electron chi connectivity index (χ2n) is 3.90. The van der Waals surface area contributed by atoms with Crippen molar-refractivity contribution in [1.29, 1.82) is 0 Å². The smallest absolute Gasteiger partial charge is 0.267 e. The van der Waals surface area contributed by atoms with Crippen LogP contribution in [0.3, 0.4) is 0 Å². The highest BCUT2D eigenvalue weighted by atomic mass is 32.2. The van der Waals surface area contributed by atoms with Crippen LogP contribution in [0.25, 0.3) is 0 Å². The van der Waals surface area contributed by atoms with Crippen molar-refractivity contribution >= 4 is 21.9 Å². The van der Waals surface area contributed by atoms with Crippen molar-refractivity contribution in [3.8, 4) is 0 Å². The summed E-state index contributed by atoms with van der Waals surface area (Å²) in [7, 11) is -4.32. The lowest BCUT2D eigenvalue weighted by molar-refractivity contribution is -0.119. The maximum Gasteiger partial charge on any atom is 0.267 e. The topological polar surface area (TPSA) is 113 Å². The SMILES string of the molecule is C=CC(=O)NCC(C)(CS(=O)(=O)O)NC(=O)C=C. The quantitative estimate of drug-likeness (QED) is 0.418. The summed E-state index contributed by atoms with van der Waals surface area (Å²) < 4.78 is 30.6. The summed E-state index contributed by atoms with van der Waals surface area (Å²) in [5.41, 5.74) is -1.35. The zero-order chi connectivity index (χ0) is 14.4. The lowest BCUT2D eigenvalue weighted by atomic mass is 10.1. The van der Waals surface area contributed by atoms with E-state index in [0.717, 1.165) is 12.2 Å². The first-order valence-corrected chi connectivity index (χ1v) is 6.53. The highest BCUT2D eigenvalue weighted by Crippen LogP contribution is 2.06. The van der Waals surface area contributed by atoms with Crippen molar-refractivity contribution in [2.75, 3.05) is 12.3 Å². The minimum Gasteiger partial charge on any atom is -0.350 e. The van der Waals surface area contributed by atoms with Gasteiger partial charge < -0.3 is 10.6 Å². The molecule has 1 atom stereocenters. The third-order valence-corrected chi connectivity index (χ3v) is 2.95. The predicted molar refractivity (Wildman–Crippen MR) is 66.4 cm³/mol. The van der Waals surface area contributed by atoms with Crippen LogP contribution < -0.4 is 10.6 Å². The van der Waals surface area contributed by atoms with Crippen molar-refractivity contribution in [2.24, 2.45) is 0 Å². The van der Waals surface area contributed by atoms with Crippen molar-refractivity contribution in [3.63, 3.8) is 0 Å². The Hall–Kier alpha value is -1.67. The molecule has 0 aliphatic heterocycles. The van der Waals surface area contributed by atoms with Gasteiger partial charge in [0.15, 0.2) is 0 Å². The minimum absolute atomic E-state index is 0.183. The van der Waals surface area contributed by atoms with Gasteiger partial charge in [-0.2, -0.15) is 8.42 Å². The van der Waals surface area contributed by atoms with Crippen molar-refractivity contribution < 1.29 is 22.6 Å². The molecule has 0 aromatic heterocycles. The van der Waals surface area contributed by atoms with Crippen molar-refractivity contribution in [3.05, 3.63) is 25.3 Å². The molecule has 102 valence electrons. The molecule has 0 heterocycles. The Labute approximate surface area is 106 Å². The lowest BCUT2D eigenvalue weighted by Crippen LogP contribution is -2.57. The summed E-state index contributed by atoms with van der Waals surface area (Å²) in [4.78, 5) is 22.2. The van der Waals surface area contributed by atoms with E-state index in [1.165, 1.54) is 6.92 Å². The van der Waals surface area contributed by atoms with E-state index in [1.807, 2.05) is 0 Å². The van der Waals surface area contributed by atoms with Crippen LogP contribution in [0.15, 0.2) is 25.3 Å². The maximum atomic E-state index is 11.2. The Morgan fingerprint density at radius 1 is 1.28 bits per heavy atom. The first-order chi connectivity index (χ1) is 8.12. The Bertz CT molecular complexity index is 457. The molecule has 0 radical (unpaired) electrons. The largest absolute Gasteiger partial charge is 0.350 e. The van der Waals surface area contributed by atoms with Crippen molar-refractivity contribution in [1.82, 2.24) is 10.6 Å². The van der Waals surface area contributed by atoms with Crippen LogP contribution in [0, 0.1) is 0 Å². The number of rotatable bonds is 7. The van der Waals surface area contributed by atoms with Gasteiger partial charge in [-0.05, 0) is 19.1 Å². The molecule has 0 bridgehead atoms. The van der Waals surface area contributed by atoms with E-state index < -0.39 is 33.2 Å². The lowest BCUT2D eigenvalue weighted by Gasteiger charge is -2.29. The Morgan fingerprint density at radius 2 is 1.78 bits per heavy atom. The second-order valence-corrected chi connectivity index (χ2v) is 5.35. The van der Waals surface area contributed by atoms with Crippen LogP contribution in [0.5, 0.6) is 0 Å². The molecule has 0 aromatic rings. The van der Waals surface area contributed by atoms with Gasteiger partial charge in [0.2, 0.25) is 11.8 Å². The molecule has 8 heteroatoms. The van der Waals surface area contributed by atoms with Gasteiger partial charge in [-0.3, -0.25) is 14.1 Å². The number of hydrogen-bond donors (Lipinski definition) is 3. The molecule has 18 heavy (non-hydrogen) atoms. The average Bonchev–Trinajstić information content (AvgIpc) is 2.23. The van der Waals surface area contributed by atoms with Gasteiger partial charge in [-0.25, -0.2) is 0 Å². The maximum absolute atomic E-state index is 11.2. The number of hydrogen-bond acceptors (Lipinski definition) is 4. The van der Waals surface area contributed by atoms with Gasteiger partial charge in [-0.15, -0.1) is 0 Å².